The van der Waals surface area contributed by atoms with Gasteiger partial charge >= 0.3 is 0 Å². The van der Waals surface area contributed by atoms with Crippen LogP contribution in [-0.4, -0.2) is 11.5 Å². The molecule has 0 amide bonds. The number of unbranched alkanes of at least 4 members (excludes halogenated alkanes) is 14. The van der Waals surface area contributed by atoms with Crippen molar-refractivity contribution in [3.05, 3.63) is 71.3 Å². The van der Waals surface area contributed by atoms with E-state index >= 15 is 0 Å². The Kier molecular flexibility index (Phi) is 18.0. The van der Waals surface area contributed by atoms with Crippen LogP contribution in [0.3, 0.4) is 0 Å². The Bertz CT molecular complexity index is 867. The summed E-state index contributed by atoms with van der Waals surface area (Å²) < 4.78 is 0. The van der Waals surface area contributed by atoms with E-state index in [1.807, 2.05) is 36.0 Å². The summed E-state index contributed by atoms with van der Waals surface area (Å²) in [7, 11) is 0. The molecule has 0 saturated carbocycles. The molecule has 0 radical (unpaired) electrons. The lowest BCUT2D eigenvalue weighted by Gasteiger charge is -2.06. The molecule has 0 aliphatic heterocycles. The number of ketones is 1. The van der Waals surface area contributed by atoms with Gasteiger partial charge in [-0.05, 0) is 54.4 Å². The lowest BCUT2D eigenvalue weighted by atomic mass is 9.98. The van der Waals surface area contributed by atoms with Gasteiger partial charge in [-0.2, -0.15) is 0 Å². The standard InChI is InChI=1S/C35H52OS/c1-3-5-7-8-9-10-11-12-13-14-15-16-20-30-37-33-27-24-31(25-28-33)26-29-35(36)34-23-19-18-22-32(34)21-17-6-4-2/h18-19,22-29H,3-17,20-21,30H2,1-2H3/b29-26+. The van der Waals surface area contributed by atoms with Crippen LogP contribution in [0.4, 0.5) is 0 Å². The molecule has 0 heterocycles. The summed E-state index contributed by atoms with van der Waals surface area (Å²) in [5.41, 5.74) is 3.10. The third-order valence-electron chi connectivity index (χ3n) is 7.16. The number of thioether (sulfide) groups is 1. The number of carbonyl (C=O) groups is 1. The molecule has 0 fully saturated rings. The van der Waals surface area contributed by atoms with E-state index in [1.54, 1.807) is 6.08 Å². The zero-order valence-electron chi connectivity index (χ0n) is 23.8. The predicted octanol–water partition coefficient (Wildman–Crippen LogP) is 11.5. The smallest absolute Gasteiger partial charge is 0.186 e. The Balaban J connectivity index is 1.57. The van der Waals surface area contributed by atoms with Crippen LogP contribution in [0.15, 0.2) is 59.5 Å². The highest BCUT2D eigenvalue weighted by atomic mass is 32.2. The molecule has 0 N–H and O–H groups in total. The quantitative estimate of drug-likeness (QED) is 0.0664. The number of hydrogen-bond donors (Lipinski definition) is 0. The molecule has 2 heteroatoms. The molecular formula is C35H52OS. The third kappa shape index (κ3) is 14.6. The van der Waals surface area contributed by atoms with Crippen molar-refractivity contribution in [2.24, 2.45) is 0 Å². The first-order valence-electron chi connectivity index (χ1n) is 15.3. The molecule has 2 aromatic rings. The van der Waals surface area contributed by atoms with Crippen molar-refractivity contribution in [2.45, 2.75) is 128 Å². The molecule has 0 spiro atoms. The van der Waals surface area contributed by atoms with E-state index in [2.05, 4.69) is 44.2 Å². The molecule has 37 heavy (non-hydrogen) atoms. The molecule has 0 unspecified atom stereocenters. The monoisotopic (exact) mass is 520 g/mol. The predicted molar refractivity (Wildman–Crippen MR) is 166 cm³/mol. The number of benzene rings is 2. The fourth-order valence-corrected chi connectivity index (χ4v) is 5.70. The maximum atomic E-state index is 12.8. The van der Waals surface area contributed by atoms with Gasteiger partial charge in [-0.1, -0.05) is 146 Å². The van der Waals surface area contributed by atoms with Crippen molar-refractivity contribution in [1.82, 2.24) is 0 Å². The highest BCUT2D eigenvalue weighted by Gasteiger charge is 2.08. The highest BCUT2D eigenvalue weighted by molar-refractivity contribution is 7.99. The van der Waals surface area contributed by atoms with Crippen LogP contribution in [0.1, 0.15) is 138 Å². The average Bonchev–Trinajstić information content (AvgIpc) is 2.93. The second-order valence-corrected chi connectivity index (χ2v) is 11.6. The van der Waals surface area contributed by atoms with E-state index in [9.17, 15) is 4.79 Å². The van der Waals surface area contributed by atoms with Gasteiger partial charge in [0, 0.05) is 10.5 Å². The van der Waals surface area contributed by atoms with Gasteiger partial charge in [-0.15, -0.1) is 11.8 Å². The Hall–Kier alpha value is -1.80. The number of hydrogen-bond acceptors (Lipinski definition) is 2. The first-order chi connectivity index (χ1) is 18.2. The third-order valence-corrected chi connectivity index (χ3v) is 8.25. The van der Waals surface area contributed by atoms with Crippen LogP contribution in [0.25, 0.3) is 6.08 Å². The van der Waals surface area contributed by atoms with Crippen LogP contribution < -0.4 is 0 Å². The SMILES string of the molecule is CCCCCCCCCCCCCCCSc1ccc(/C=C/C(=O)c2ccccc2CCCCC)cc1. The summed E-state index contributed by atoms with van der Waals surface area (Å²) in [4.78, 5) is 14.1. The minimum Gasteiger partial charge on any atom is -0.289 e. The Morgan fingerprint density at radius 2 is 1.19 bits per heavy atom. The van der Waals surface area contributed by atoms with Gasteiger partial charge in [0.05, 0.1) is 0 Å². The van der Waals surface area contributed by atoms with Gasteiger partial charge in [-0.3, -0.25) is 4.79 Å². The van der Waals surface area contributed by atoms with Crippen LogP contribution in [-0.2, 0) is 6.42 Å². The lowest BCUT2D eigenvalue weighted by Crippen LogP contribution is -2.01. The summed E-state index contributed by atoms with van der Waals surface area (Å²) in [6.45, 7) is 4.50. The first kappa shape index (κ1) is 31.4. The number of aryl methyl sites for hydroxylation is 1. The van der Waals surface area contributed by atoms with E-state index in [-0.39, 0.29) is 5.78 Å². The summed E-state index contributed by atoms with van der Waals surface area (Å²) >= 11 is 1.95. The molecule has 0 aliphatic carbocycles. The van der Waals surface area contributed by atoms with Crippen molar-refractivity contribution in [3.63, 3.8) is 0 Å². The maximum Gasteiger partial charge on any atom is 0.186 e. The summed E-state index contributed by atoms with van der Waals surface area (Å²) in [5.74, 6) is 1.30. The van der Waals surface area contributed by atoms with Crippen molar-refractivity contribution in [2.75, 3.05) is 5.75 Å². The van der Waals surface area contributed by atoms with Crippen molar-refractivity contribution >= 4 is 23.6 Å². The van der Waals surface area contributed by atoms with Crippen molar-refractivity contribution < 1.29 is 4.79 Å². The van der Waals surface area contributed by atoms with Gasteiger partial charge in [0.15, 0.2) is 5.78 Å². The topological polar surface area (TPSA) is 17.1 Å². The first-order valence-corrected chi connectivity index (χ1v) is 16.3. The maximum absolute atomic E-state index is 12.8. The summed E-state index contributed by atoms with van der Waals surface area (Å²) in [5, 5.41) is 0. The molecule has 0 atom stereocenters. The van der Waals surface area contributed by atoms with Crippen LogP contribution in [0.5, 0.6) is 0 Å². The minimum atomic E-state index is 0.105. The molecule has 0 saturated heterocycles. The van der Waals surface area contributed by atoms with Gasteiger partial charge in [0.25, 0.3) is 0 Å². The minimum absolute atomic E-state index is 0.105. The normalized spacial score (nSPS) is 11.4. The second-order valence-electron chi connectivity index (χ2n) is 10.5. The zero-order valence-corrected chi connectivity index (χ0v) is 24.6. The number of carbonyl (C=O) groups excluding carboxylic acids is 1. The van der Waals surface area contributed by atoms with E-state index < -0.39 is 0 Å². The van der Waals surface area contributed by atoms with Crippen LogP contribution >= 0.6 is 11.8 Å². The van der Waals surface area contributed by atoms with E-state index in [4.69, 9.17) is 0 Å². The Labute approximate surface area is 232 Å². The van der Waals surface area contributed by atoms with E-state index in [1.165, 1.54) is 113 Å². The lowest BCUT2D eigenvalue weighted by molar-refractivity contribution is 0.104. The van der Waals surface area contributed by atoms with Crippen molar-refractivity contribution in [1.29, 1.82) is 0 Å². The Morgan fingerprint density at radius 1 is 0.649 bits per heavy atom. The molecule has 0 aromatic heterocycles. The van der Waals surface area contributed by atoms with Crippen molar-refractivity contribution in [3.8, 4) is 0 Å². The molecule has 0 aliphatic rings. The molecule has 2 rings (SSSR count). The van der Waals surface area contributed by atoms with Crippen LogP contribution in [0, 0.1) is 0 Å². The van der Waals surface area contributed by atoms with E-state index in [0.29, 0.717) is 0 Å². The molecule has 2 aromatic carbocycles. The average molecular weight is 521 g/mol. The van der Waals surface area contributed by atoms with Crippen LogP contribution in [0.2, 0.25) is 0 Å². The summed E-state index contributed by atoms with van der Waals surface area (Å²) in [6, 6.07) is 16.7. The van der Waals surface area contributed by atoms with Gasteiger partial charge in [-0.25, -0.2) is 0 Å². The number of rotatable bonds is 22. The second kappa shape index (κ2) is 21.2. The number of allylic oxidation sites excluding steroid dienone is 1. The summed E-state index contributed by atoms with van der Waals surface area (Å²) in [6.07, 6.45) is 26.5. The molecule has 0 bridgehead atoms. The zero-order chi connectivity index (χ0) is 26.4. The molecular weight excluding hydrogens is 468 g/mol. The highest BCUT2D eigenvalue weighted by Crippen LogP contribution is 2.22. The van der Waals surface area contributed by atoms with Gasteiger partial charge in [0.2, 0.25) is 0 Å². The molecule has 204 valence electrons. The fourth-order valence-electron chi connectivity index (χ4n) is 4.79. The molecule has 1 nitrogen and oxygen atoms in total. The Morgan fingerprint density at radius 3 is 1.81 bits per heavy atom. The fraction of sp³-hybridized carbons (Fsp3) is 0.571. The largest absolute Gasteiger partial charge is 0.289 e. The van der Waals surface area contributed by atoms with Gasteiger partial charge < -0.3 is 0 Å². The van der Waals surface area contributed by atoms with E-state index in [0.717, 1.165) is 24.0 Å². The van der Waals surface area contributed by atoms with Gasteiger partial charge in [0.1, 0.15) is 0 Å².